The van der Waals surface area contributed by atoms with E-state index in [9.17, 15) is 13.2 Å². The lowest BCUT2D eigenvalue weighted by Crippen LogP contribution is -2.14. The predicted molar refractivity (Wildman–Crippen MR) is 76.3 cm³/mol. The largest absolute Gasteiger partial charge is 0.432 e. The van der Waals surface area contributed by atoms with Crippen LogP contribution in [0.15, 0.2) is 48.5 Å². The lowest BCUT2D eigenvalue weighted by atomic mass is 10.2. The van der Waals surface area contributed by atoms with E-state index in [1.807, 2.05) is 0 Å². The van der Waals surface area contributed by atoms with E-state index in [1.54, 1.807) is 48.5 Å². The van der Waals surface area contributed by atoms with Gasteiger partial charge in [0.15, 0.2) is 0 Å². The summed E-state index contributed by atoms with van der Waals surface area (Å²) in [5.41, 5.74) is 0.498. The number of halogens is 4. The van der Waals surface area contributed by atoms with Crippen LogP contribution in [0.4, 0.5) is 13.2 Å². The van der Waals surface area contributed by atoms with Gasteiger partial charge in [-0.3, -0.25) is 0 Å². The molecule has 0 aliphatic heterocycles. The number of aromatic nitrogens is 1. The minimum Gasteiger partial charge on any atom is -0.332 e. The second kappa shape index (κ2) is 5.11. The first-order valence-electron chi connectivity index (χ1n) is 6.27. The average Bonchev–Trinajstić information content (AvgIpc) is 2.81. The molecule has 0 atom stereocenters. The molecule has 1 aromatic heterocycles. The molecular formula is C16H10ClF3N. The van der Waals surface area contributed by atoms with E-state index in [1.165, 1.54) is 4.57 Å². The monoisotopic (exact) mass is 308 g/mol. The van der Waals surface area contributed by atoms with Crippen LogP contribution in [0.3, 0.4) is 0 Å². The van der Waals surface area contributed by atoms with E-state index >= 15 is 0 Å². The fourth-order valence-corrected chi connectivity index (χ4v) is 2.42. The molecule has 0 spiro atoms. The van der Waals surface area contributed by atoms with Crippen molar-refractivity contribution in [3.8, 4) is 0 Å². The maximum atomic E-state index is 13.2. The van der Waals surface area contributed by atoms with Crippen LogP contribution in [0, 0.1) is 6.07 Å². The van der Waals surface area contributed by atoms with Crippen molar-refractivity contribution in [1.29, 1.82) is 0 Å². The first-order valence-corrected chi connectivity index (χ1v) is 6.65. The van der Waals surface area contributed by atoms with Gasteiger partial charge in [-0.1, -0.05) is 41.9 Å². The molecule has 2 aromatic carbocycles. The molecule has 0 aliphatic carbocycles. The third-order valence-electron chi connectivity index (χ3n) is 3.24. The Bertz CT molecular complexity index is 772. The highest BCUT2D eigenvalue weighted by Crippen LogP contribution is 2.34. The molecule has 21 heavy (non-hydrogen) atoms. The minimum atomic E-state index is -4.44. The lowest BCUT2D eigenvalue weighted by molar-refractivity contribution is -0.143. The number of hydrogen-bond acceptors (Lipinski definition) is 0. The van der Waals surface area contributed by atoms with Crippen molar-refractivity contribution in [1.82, 2.24) is 4.57 Å². The number of alkyl halides is 3. The molecule has 3 rings (SSSR count). The summed E-state index contributed by atoms with van der Waals surface area (Å²) in [6.07, 6.45) is -4.44. The van der Waals surface area contributed by atoms with E-state index in [-0.39, 0.29) is 6.54 Å². The van der Waals surface area contributed by atoms with Crippen LogP contribution in [-0.4, -0.2) is 4.57 Å². The van der Waals surface area contributed by atoms with Crippen molar-refractivity contribution in [2.75, 3.05) is 0 Å². The second-order valence-electron chi connectivity index (χ2n) is 4.70. The standard InChI is InChI=1S/C16H10ClF3N/c17-13-7-5-11(6-8-13)10-21-14-4-2-1-3-12(14)9-15(21)16(18,19)20/h1-8H,10H2. The Balaban J connectivity index is 2.13. The summed E-state index contributed by atoms with van der Waals surface area (Å²) in [5, 5.41) is 1.01. The van der Waals surface area contributed by atoms with Crippen LogP contribution in [0.25, 0.3) is 10.9 Å². The third-order valence-corrected chi connectivity index (χ3v) is 3.49. The molecule has 1 nitrogen and oxygen atoms in total. The quantitative estimate of drug-likeness (QED) is 0.616. The van der Waals surface area contributed by atoms with Crippen molar-refractivity contribution >= 4 is 22.5 Å². The molecular weight excluding hydrogens is 299 g/mol. The van der Waals surface area contributed by atoms with E-state index < -0.39 is 11.9 Å². The second-order valence-corrected chi connectivity index (χ2v) is 5.14. The minimum absolute atomic E-state index is 0.121. The van der Waals surface area contributed by atoms with E-state index in [0.717, 1.165) is 5.56 Å². The number of para-hydroxylation sites is 1. The third kappa shape index (κ3) is 2.76. The molecule has 0 saturated carbocycles. The molecule has 107 valence electrons. The number of benzene rings is 2. The van der Waals surface area contributed by atoms with Gasteiger partial charge in [-0.25, -0.2) is 0 Å². The van der Waals surface area contributed by atoms with Gasteiger partial charge in [0.25, 0.3) is 0 Å². The molecule has 0 saturated heterocycles. The normalized spacial score (nSPS) is 12.0. The molecule has 0 fully saturated rings. The summed E-state index contributed by atoms with van der Waals surface area (Å²) >= 11 is 5.80. The first kappa shape index (κ1) is 14.0. The van der Waals surface area contributed by atoms with Gasteiger partial charge < -0.3 is 4.57 Å². The molecule has 0 N–H and O–H groups in total. The molecule has 0 aliphatic rings. The van der Waals surface area contributed by atoms with Gasteiger partial charge in [0.05, 0.1) is 0 Å². The summed E-state index contributed by atoms with van der Waals surface area (Å²) in [5.74, 6) is 0. The molecule has 0 amide bonds. The number of rotatable bonds is 2. The Morgan fingerprint density at radius 3 is 2.33 bits per heavy atom. The molecule has 0 unspecified atom stereocenters. The lowest BCUT2D eigenvalue weighted by Gasteiger charge is -2.13. The smallest absolute Gasteiger partial charge is 0.332 e. The van der Waals surface area contributed by atoms with Gasteiger partial charge in [-0.2, -0.15) is 13.2 Å². The Kier molecular flexibility index (Phi) is 3.41. The zero-order chi connectivity index (χ0) is 15.0. The molecule has 1 heterocycles. The fourth-order valence-electron chi connectivity index (χ4n) is 2.29. The van der Waals surface area contributed by atoms with E-state index in [0.29, 0.717) is 15.9 Å². The molecule has 3 aromatic rings. The highest BCUT2D eigenvalue weighted by atomic mass is 35.5. The predicted octanol–water partition coefficient (Wildman–Crippen LogP) is 5.16. The molecule has 5 heteroatoms. The van der Waals surface area contributed by atoms with Gasteiger partial charge in [0.2, 0.25) is 0 Å². The topological polar surface area (TPSA) is 4.93 Å². The van der Waals surface area contributed by atoms with Crippen LogP contribution >= 0.6 is 11.6 Å². The highest BCUT2D eigenvalue weighted by molar-refractivity contribution is 6.30. The van der Waals surface area contributed by atoms with Crippen LogP contribution < -0.4 is 0 Å². The Labute approximate surface area is 124 Å². The van der Waals surface area contributed by atoms with Gasteiger partial charge in [-0.15, -0.1) is 0 Å². The summed E-state index contributed by atoms with van der Waals surface area (Å²) in [7, 11) is 0. The first-order chi connectivity index (χ1) is 9.95. The Morgan fingerprint density at radius 1 is 1.00 bits per heavy atom. The Hall–Kier alpha value is -1.94. The highest BCUT2D eigenvalue weighted by Gasteiger charge is 2.35. The maximum Gasteiger partial charge on any atom is 0.432 e. The summed E-state index contributed by atoms with van der Waals surface area (Å²) < 4.78 is 40.8. The van der Waals surface area contributed by atoms with Gasteiger partial charge in [-0.05, 0) is 23.8 Å². The zero-order valence-corrected chi connectivity index (χ0v) is 11.5. The number of fused-ring (bicyclic) bond motifs is 1. The van der Waals surface area contributed by atoms with Crippen molar-refractivity contribution in [2.45, 2.75) is 12.7 Å². The van der Waals surface area contributed by atoms with Crippen LogP contribution in [0.1, 0.15) is 11.3 Å². The Morgan fingerprint density at radius 2 is 1.67 bits per heavy atom. The molecule has 0 bridgehead atoms. The van der Waals surface area contributed by atoms with Crippen LogP contribution in [0.5, 0.6) is 0 Å². The van der Waals surface area contributed by atoms with E-state index in [4.69, 9.17) is 11.6 Å². The van der Waals surface area contributed by atoms with Crippen molar-refractivity contribution in [3.63, 3.8) is 0 Å². The van der Waals surface area contributed by atoms with Crippen LogP contribution in [-0.2, 0) is 12.7 Å². The number of hydrogen-bond donors (Lipinski definition) is 0. The summed E-state index contributed by atoms with van der Waals surface area (Å²) in [6, 6.07) is 15.9. The summed E-state index contributed by atoms with van der Waals surface area (Å²) in [6.45, 7) is 0.121. The maximum absolute atomic E-state index is 13.2. The van der Waals surface area contributed by atoms with Crippen molar-refractivity contribution in [3.05, 3.63) is 70.9 Å². The van der Waals surface area contributed by atoms with Crippen molar-refractivity contribution < 1.29 is 13.2 Å². The zero-order valence-electron chi connectivity index (χ0n) is 10.8. The number of nitrogens with zero attached hydrogens (tertiary/aromatic N) is 1. The summed E-state index contributed by atoms with van der Waals surface area (Å²) in [4.78, 5) is 0. The SMILES string of the molecule is FC(F)(F)c1[c]c2ccccc2n1Cc1ccc(Cl)cc1. The van der Waals surface area contributed by atoms with Crippen LogP contribution in [0.2, 0.25) is 5.02 Å². The van der Waals surface area contributed by atoms with Crippen molar-refractivity contribution in [2.24, 2.45) is 0 Å². The molecule has 1 radical (unpaired) electrons. The van der Waals surface area contributed by atoms with Gasteiger partial charge in [0.1, 0.15) is 5.69 Å². The van der Waals surface area contributed by atoms with E-state index in [2.05, 4.69) is 6.07 Å². The fraction of sp³-hybridized carbons (Fsp3) is 0.125. The average molecular weight is 309 g/mol. The van der Waals surface area contributed by atoms with Gasteiger partial charge >= 0.3 is 6.18 Å². The van der Waals surface area contributed by atoms with Gasteiger partial charge in [0, 0.05) is 28.5 Å².